The second kappa shape index (κ2) is 9.22. The zero-order chi connectivity index (χ0) is 18.2. The standard InChI is InChI=1S/C19H21BrN2O3/c1-3-11-25-17-10-9-13(12-15(17)20)18(23)22-16-8-6-5-7-14(16)19(24)21-4-2/h5-10,12H,3-4,11H2,1-2H3,(H,21,24)(H,22,23). The maximum absolute atomic E-state index is 12.5. The molecule has 0 aliphatic rings. The highest BCUT2D eigenvalue weighted by atomic mass is 79.9. The first-order valence-electron chi connectivity index (χ1n) is 8.17. The third-order valence-corrected chi connectivity index (χ3v) is 4.03. The molecular weight excluding hydrogens is 384 g/mol. The normalized spacial score (nSPS) is 10.2. The van der Waals surface area contributed by atoms with E-state index in [1.807, 2.05) is 13.8 Å². The monoisotopic (exact) mass is 404 g/mol. The lowest BCUT2D eigenvalue weighted by Gasteiger charge is -2.12. The van der Waals surface area contributed by atoms with Gasteiger partial charge in [0.2, 0.25) is 0 Å². The number of benzene rings is 2. The summed E-state index contributed by atoms with van der Waals surface area (Å²) < 4.78 is 6.30. The van der Waals surface area contributed by atoms with Crippen molar-refractivity contribution in [2.45, 2.75) is 20.3 Å². The molecule has 2 aromatic carbocycles. The molecule has 5 nitrogen and oxygen atoms in total. The molecule has 2 N–H and O–H groups in total. The Kier molecular flexibility index (Phi) is 7.01. The van der Waals surface area contributed by atoms with Gasteiger partial charge in [0.05, 0.1) is 22.3 Å². The van der Waals surface area contributed by atoms with Crippen LogP contribution in [0.1, 0.15) is 41.0 Å². The van der Waals surface area contributed by atoms with Crippen LogP contribution in [0.3, 0.4) is 0 Å². The highest BCUT2D eigenvalue weighted by molar-refractivity contribution is 9.10. The predicted octanol–water partition coefficient (Wildman–Crippen LogP) is 4.24. The van der Waals surface area contributed by atoms with Crippen LogP contribution >= 0.6 is 15.9 Å². The van der Waals surface area contributed by atoms with E-state index in [2.05, 4.69) is 26.6 Å². The molecular formula is C19H21BrN2O3. The highest BCUT2D eigenvalue weighted by Gasteiger charge is 2.14. The van der Waals surface area contributed by atoms with Crippen LogP contribution in [-0.2, 0) is 0 Å². The van der Waals surface area contributed by atoms with Gasteiger partial charge in [0, 0.05) is 12.1 Å². The van der Waals surface area contributed by atoms with E-state index in [0.717, 1.165) is 6.42 Å². The Balaban J connectivity index is 2.17. The molecule has 0 radical (unpaired) electrons. The second-order valence-corrected chi connectivity index (χ2v) is 6.21. The van der Waals surface area contributed by atoms with Gasteiger partial charge in [0.25, 0.3) is 11.8 Å². The van der Waals surface area contributed by atoms with E-state index < -0.39 is 0 Å². The number of ether oxygens (including phenoxy) is 1. The van der Waals surface area contributed by atoms with Gasteiger partial charge in [-0.3, -0.25) is 9.59 Å². The lowest BCUT2D eigenvalue weighted by molar-refractivity contribution is 0.0956. The van der Waals surface area contributed by atoms with Crippen LogP contribution in [0.4, 0.5) is 5.69 Å². The van der Waals surface area contributed by atoms with E-state index in [0.29, 0.717) is 40.2 Å². The zero-order valence-electron chi connectivity index (χ0n) is 14.3. The Morgan fingerprint density at radius 2 is 1.84 bits per heavy atom. The van der Waals surface area contributed by atoms with Crippen molar-refractivity contribution in [2.75, 3.05) is 18.5 Å². The average Bonchev–Trinajstić information content (AvgIpc) is 2.61. The summed E-state index contributed by atoms with van der Waals surface area (Å²) in [5.41, 5.74) is 1.38. The largest absolute Gasteiger partial charge is 0.492 e. The van der Waals surface area contributed by atoms with Crippen LogP contribution in [0, 0.1) is 0 Å². The van der Waals surface area contributed by atoms with Crippen molar-refractivity contribution in [1.82, 2.24) is 5.32 Å². The maximum Gasteiger partial charge on any atom is 0.255 e. The molecule has 0 spiro atoms. The van der Waals surface area contributed by atoms with E-state index in [1.54, 1.807) is 42.5 Å². The predicted molar refractivity (Wildman–Crippen MR) is 102 cm³/mol. The Morgan fingerprint density at radius 1 is 1.08 bits per heavy atom. The van der Waals surface area contributed by atoms with E-state index in [4.69, 9.17) is 4.74 Å². The van der Waals surface area contributed by atoms with Gasteiger partial charge in [-0.1, -0.05) is 19.1 Å². The quantitative estimate of drug-likeness (QED) is 0.724. The first-order valence-corrected chi connectivity index (χ1v) is 8.97. The Bertz CT molecular complexity index is 762. The van der Waals surface area contributed by atoms with E-state index in [9.17, 15) is 9.59 Å². The molecule has 2 amide bonds. The van der Waals surface area contributed by atoms with Crippen molar-refractivity contribution in [3.63, 3.8) is 0 Å². The first kappa shape index (κ1) is 19.0. The molecule has 0 saturated carbocycles. The molecule has 25 heavy (non-hydrogen) atoms. The van der Waals surface area contributed by atoms with E-state index in [-0.39, 0.29) is 11.8 Å². The summed E-state index contributed by atoms with van der Waals surface area (Å²) in [6.07, 6.45) is 0.908. The minimum Gasteiger partial charge on any atom is -0.492 e. The number of anilines is 1. The van der Waals surface area contributed by atoms with Gasteiger partial charge >= 0.3 is 0 Å². The third kappa shape index (κ3) is 5.06. The summed E-state index contributed by atoms with van der Waals surface area (Å²) in [5, 5.41) is 5.53. The number of carbonyl (C=O) groups excluding carboxylic acids is 2. The van der Waals surface area contributed by atoms with Crippen LogP contribution in [0.2, 0.25) is 0 Å². The molecule has 132 valence electrons. The SMILES string of the molecule is CCCOc1ccc(C(=O)Nc2ccccc2C(=O)NCC)cc1Br. The molecule has 0 unspecified atom stereocenters. The third-order valence-electron chi connectivity index (χ3n) is 3.41. The smallest absolute Gasteiger partial charge is 0.255 e. The second-order valence-electron chi connectivity index (χ2n) is 5.35. The molecule has 0 fully saturated rings. The summed E-state index contributed by atoms with van der Waals surface area (Å²) in [4.78, 5) is 24.6. The molecule has 0 saturated heterocycles. The van der Waals surface area contributed by atoms with Crippen molar-refractivity contribution in [3.05, 3.63) is 58.1 Å². The number of nitrogens with one attached hydrogen (secondary N) is 2. The van der Waals surface area contributed by atoms with Gasteiger partial charge in [-0.15, -0.1) is 0 Å². The lowest BCUT2D eigenvalue weighted by Crippen LogP contribution is -2.24. The summed E-state index contributed by atoms with van der Waals surface area (Å²) in [6.45, 7) is 5.01. The van der Waals surface area contributed by atoms with Crippen LogP contribution in [0.5, 0.6) is 5.75 Å². The minimum atomic E-state index is -0.292. The number of para-hydroxylation sites is 1. The molecule has 0 aliphatic heterocycles. The fraction of sp³-hybridized carbons (Fsp3) is 0.263. The fourth-order valence-corrected chi connectivity index (χ4v) is 2.70. The highest BCUT2D eigenvalue weighted by Crippen LogP contribution is 2.27. The Morgan fingerprint density at radius 3 is 2.52 bits per heavy atom. The summed E-state index contributed by atoms with van der Waals surface area (Å²) in [5.74, 6) is 0.184. The number of halogens is 1. The lowest BCUT2D eigenvalue weighted by atomic mass is 10.1. The summed E-state index contributed by atoms with van der Waals surface area (Å²) >= 11 is 3.42. The summed E-state index contributed by atoms with van der Waals surface area (Å²) in [6, 6.07) is 12.1. The first-order chi connectivity index (χ1) is 12.1. The number of rotatable bonds is 7. The van der Waals surface area contributed by atoms with Crippen molar-refractivity contribution < 1.29 is 14.3 Å². The van der Waals surface area contributed by atoms with E-state index in [1.165, 1.54) is 0 Å². The number of hydrogen-bond donors (Lipinski definition) is 2. The number of hydrogen-bond acceptors (Lipinski definition) is 3. The molecule has 0 bridgehead atoms. The van der Waals surface area contributed by atoms with Crippen molar-refractivity contribution in [3.8, 4) is 5.75 Å². The molecule has 0 aromatic heterocycles. The Hall–Kier alpha value is -2.34. The average molecular weight is 405 g/mol. The maximum atomic E-state index is 12.5. The van der Waals surface area contributed by atoms with Gasteiger partial charge in [-0.05, 0) is 59.6 Å². The van der Waals surface area contributed by atoms with Gasteiger partial charge in [0.15, 0.2) is 0 Å². The topological polar surface area (TPSA) is 67.4 Å². The van der Waals surface area contributed by atoms with Crippen LogP contribution < -0.4 is 15.4 Å². The van der Waals surface area contributed by atoms with Crippen molar-refractivity contribution in [2.24, 2.45) is 0 Å². The molecule has 2 rings (SSSR count). The fourth-order valence-electron chi connectivity index (χ4n) is 2.21. The van der Waals surface area contributed by atoms with Gasteiger partial charge in [-0.2, -0.15) is 0 Å². The molecule has 0 heterocycles. The van der Waals surface area contributed by atoms with Crippen LogP contribution in [0.25, 0.3) is 0 Å². The molecule has 2 aromatic rings. The van der Waals surface area contributed by atoms with Gasteiger partial charge < -0.3 is 15.4 Å². The zero-order valence-corrected chi connectivity index (χ0v) is 15.9. The molecule has 6 heteroatoms. The molecule has 0 atom stereocenters. The van der Waals surface area contributed by atoms with Gasteiger partial charge in [0.1, 0.15) is 5.75 Å². The number of amides is 2. The Labute approximate surface area is 155 Å². The van der Waals surface area contributed by atoms with Crippen molar-refractivity contribution >= 4 is 33.4 Å². The summed E-state index contributed by atoms with van der Waals surface area (Å²) in [7, 11) is 0. The molecule has 0 aliphatic carbocycles. The minimum absolute atomic E-state index is 0.220. The van der Waals surface area contributed by atoms with Crippen LogP contribution in [-0.4, -0.2) is 25.0 Å². The van der Waals surface area contributed by atoms with Gasteiger partial charge in [-0.25, -0.2) is 0 Å². The number of carbonyl (C=O) groups is 2. The van der Waals surface area contributed by atoms with E-state index >= 15 is 0 Å². The van der Waals surface area contributed by atoms with Crippen molar-refractivity contribution in [1.29, 1.82) is 0 Å². The van der Waals surface area contributed by atoms with Crippen LogP contribution in [0.15, 0.2) is 46.9 Å².